The van der Waals surface area contributed by atoms with E-state index in [1.54, 1.807) is 0 Å². The smallest absolute Gasteiger partial charge is 0.194 e. The minimum Gasteiger partial charge on any atom is -0.206 e. The first-order valence-electron chi connectivity index (χ1n) is 7.77. The third-order valence-electron chi connectivity index (χ3n) is 4.23. The molecular formula is C19H15F5. The van der Waals surface area contributed by atoms with E-state index in [2.05, 4.69) is 0 Å². The Morgan fingerprint density at radius 1 is 0.833 bits per heavy atom. The van der Waals surface area contributed by atoms with Crippen molar-refractivity contribution in [2.24, 2.45) is 0 Å². The maximum atomic E-state index is 14.3. The van der Waals surface area contributed by atoms with E-state index in [9.17, 15) is 22.0 Å². The minimum atomic E-state index is -1.52. The Balaban J connectivity index is 2.09. The Morgan fingerprint density at radius 2 is 1.50 bits per heavy atom. The molecule has 0 spiro atoms. The monoisotopic (exact) mass is 338 g/mol. The summed E-state index contributed by atoms with van der Waals surface area (Å²) >= 11 is 0. The van der Waals surface area contributed by atoms with Gasteiger partial charge >= 0.3 is 0 Å². The lowest BCUT2D eigenvalue weighted by Gasteiger charge is -2.19. The lowest BCUT2D eigenvalue weighted by molar-refractivity contribution is 0.440. The number of aryl methyl sites for hydroxylation is 1. The molecule has 0 heterocycles. The van der Waals surface area contributed by atoms with Crippen LogP contribution in [0.25, 0.3) is 11.6 Å². The SMILES string of the molecule is CCCc1cc(F)c(C2=Cc3cc(F)c(F)c(F)c3CC2)c(F)c1. The van der Waals surface area contributed by atoms with E-state index < -0.39 is 29.1 Å². The maximum Gasteiger partial charge on any atom is 0.194 e. The van der Waals surface area contributed by atoms with Gasteiger partial charge in [-0.1, -0.05) is 19.4 Å². The zero-order valence-electron chi connectivity index (χ0n) is 13.0. The molecule has 3 rings (SSSR count). The predicted molar refractivity (Wildman–Crippen MR) is 82.9 cm³/mol. The Hall–Kier alpha value is -2.17. The molecule has 0 saturated heterocycles. The Kier molecular flexibility index (Phi) is 4.43. The van der Waals surface area contributed by atoms with Crippen LogP contribution in [0.15, 0.2) is 18.2 Å². The summed E-state index contributed by atoms with van der Waals surface area (Å²) in [5, 5.41) is 0. The zero-order chi connectivity index (χ0) is 17.4. The van der Waals surface area contributed by atoms with Crippen molar-refractivity contribution in [3.8, 4) is 0 Å². The van der Waals surface area contributed by atoms with E-state index in [0.29, 0.717) is 17.6 Å². The van der Waals surface area contributed by atoms with Crippen molar-refractivity contribution in [2.45, 2.75) is 32.6 Å². The molecule has 1 aliphatic carbocycles. The third-order valence-corrected chi connectivity index (χ3v) is 4.23. The van der Waals surface area contributed by atoms with E-state index in [1.807, 2.05) is 6.92 Å². The van der Waals surface area contributed by atoms with Crippen LogP contribution in [0.3, 0.4) is 0 Å². The second kappa shape index (κ2) is 6.38. The summed E-state index contributed by atoms with van der Waals surface area (Å²) in [6.07, 6.45) is 2.85. The van der Waals surface area contributed by atoms with Gasteiger partial charge in [-0.05, 0) is 59.7 Å². The molecule has 0 unspecified atom stereocenters. The summed E-state index contributed by atoms with van der Waals surface area (Å²) in [6.45, 7) is 1.91. The van der Waals surface area contributed by atoms with Crippen LogP contribution in [-0.4, -0.2) is 0 Å². The van der Waals surface area contributed by atoms with Gasteiger partial charge in [0.05, 0.1) is 0 Å². The van der Waals surface area contributed by atoms with Crippen molar-refractivity contribution in [1.82, 2.24) is 0 Å². The van der Waals surface area contributed by atoms with Crippen LogP contribution in [0, 0.1) is 29.1 Å². The molecule has 0 fully saturated rings. The highest BCUT2D eigenvalue weighted by Gasteiger charge is 2.24. The Morgan fingerprint density at radius 3 is 2.12 bits per heavy atom. The predicted octanol–water partition coefficient (Wildman–Crippen LogP) is 5.82. The summed E-state index contributed by atoms with van der Waals surface area (Å²) in [6, 6.07) is 3.42. The third kappa shape index (κ3) is 2.83. The number of hydrogen-bond acceptors (Lipinski definition) is 0. The molecule has 5 heteroatoms. The van der Waals surface area contributed by atoms with Crippen LogP contribution in [0.4, 0.5) is 22.0 Å². The van der Waals surface area contributed by atoms with E-state index in [1.165, 1.54) is 18.2 Å². The van der Waals surface area contributed by atoms with Crippen LogP contribution in [0.1, 0.15) is 42.0 Å². The van der Waals surface area contributed by atoms with E-state index in [0.717, 1.165) is 12.5 Å². The number of benzene rings is 2. The molecule has 126 valence electrons. The lowest BCUT2D eigenvalue weighted by atomic mass is 9.87. The molecule has 0 nitrogen and oxygen atoms in total. The topological polar surface area (TPSA) is 0 Å². The number of rotatable bonds is 3. The molecule has 0 aliphatic heterocycles. The van der Waals surface area contributed by atoms with Gasteiger partial charge in [-0.25, -0.2) is 22.0 Å². The molecule has 0 atom stereocenters. The molecule has 0 saturated carbocycles. The molecule has 0 amide bonds. The second-order valence-corrected chi connectivity index (χ2v) is 5.91. The molecule has 0 radical (unpaired) electrons. The lowest BCUT2D eigenvalue weighted by Crippen LogP contribution is -2.08. The standard InChI is InChI=1S/C19H15F5/c1-2-3-10-6-14(20)17(15(21)7-10)11-4-5-13-12(8-11)9-16(22)19(24)18(13)23/h6-9H,2-5H2,1H3. The fourth-order valence-electron chi connectivity index (χ4n) is 3.12. The molecule has 24 heavy (non-hydrogen) atoms. The van der Waals surface area contributed by atoms with E-state index in [-0.39, 0.29) is 29.5 Å². The molecule has 0 N–H and O–H groups in total. The summed E-state index contributed by atoms with van der Waals surface area (Å²) in [5.41, 5.74) is 0.828. The van der Waals surface area contributed by atoms with E-state index in [4.69, 9.17) is 0 Å². The average Bonchev–Trinajstić information content (AvgIpc) is 2.52. The number of halogens is 5. The first-order valence-corrected chi connectivity index (χ1v) is 7.77. The van der Waals surface area contributed by atoms with Crippen molar-refractivity contribution >= 4 is 11.6 Å². The van der Waals surface area contributed by atoms with Crippen LogP contribution in [-0.2, 0) is 12.8 Å². The van der Waals surface area contributed by atoms with E-state index >= 15 is 0 Å². The van der Waals surface area contributed by atoms with Gasteiger partial charge in [-0.3, -0.25) is 0 Å². The van der Waals surface area contributed by atoms with Crippen LogP contribution >= 0.6 is 0 Å². The largest absolute Gasteiger partial charge is 0.206 e. The van der Waals surface area contributed by atoms with Crippen LogP contribution in [0.2, 0.25) is 0 Å². The van der Waals surface area contributed by atoms with Gasteiger partial charge in [0, 0.05) is 5.56 Å². The minimum absolute atomic E-state index is 0.0288. The quantitative estimate of drug-likeness (QED) is 0.488. The van der Waals surface area contributed by atoms with Gasteiger partial charge < -0.3 is 0 Å². The summed E-state index contributed by atoms with van der Waals surface area (Å²) in [5.74, 6) is -5.47. The molecular weight excluding hydrogens is 323 g/mol. The van der Waals surface area contributed by atoms with Crippen molar-refractivity contribution in [2.75, 3.05) is 0 Å². The van der Waals surface area contributed by atoms with Gasteiger partial charge in [-0.2, -0.15) is 0 Å². The molecule has 2 aromatic carbocycles. The fourth-order valence-corrected chi connectivity index (χ4v) is 3.12. The number of hydrogen-bond donors (Lipinski definition) is 0. The summed E-state index contributed by atoms with van der Waals surface area (Å²) in [4.78, 5) is 0. The number of allylic oxidation sites excluding steroid dienone is 1. The molecule has 1 aliphatic rings. The maximum absolute atomic E-state index is 14.3. The van der Waals surface area contributed by atoms with Gasteiger partial charge in [0.25, 0.3) is 0 Å². The van der Waals surface area contributed by atoms with Crippen LogP contribution in [0.5, 0.6) is 0 Å². The zero-order valence-corrected chi connectivity index (χ0v) is 13.0. The van der Waals surface area contributed by atoms with Gasteiger partial charge in [0.2, 0.25) is 0 Å². The highest BCUT2D eigenvalue weighted by molar-refractivity contribution is 5.85. The van der Waals surface area contributed by atoms with Crippen molar-refractivity contribution in [3.05, 3.63) is 69.5 Å². The second-order valence-electron chi connectivity index (χ2n) is 5.91. The molecule has 2 aromatic rings. The number of fused-ring (bicyclic) bond motifs is 1. The highest BCUT2D eigenvalue weighted by atomic mass is 19.2. The van der Waals surface area contributed by atoms with Crippen molar-refractivity contribution < 1.29 is 22.0 Å². The van der Waals surface area contributed by atoms with Crippen LogP contribution < -0.4 is 0 Å². The first kappa shape index (κ1) is 16.7. The van der Waals surface area contributed by atoms with Gasteiger partial charge in [0.15, 0.2) is 17.5 Å². The van der Waals surface area contributed by atoms with Gasteiger partial charge in [0.1, 0.15) is 11.6 Å². The van der Waals surface area contributed by atoms with Crippen molar-refractivity contribution in [3.63, 3.8) is 0 Å². The van der Waals surface area contributed by atoms with Crippen molar-refractivity contribution in [1.29, 1.82) is 0 Å². The molecule has 0 aromatic heterocycles. The summed E-state index contributed by atoms with van der Waals surface area (Å²) < 4.78 is 69.1. The fraction of sp³-hybridized carbons (Fsp3) is 0.263. The molecule has 0 bridgehead atoms. The van der Waals surface area contributed by atoms with Gasteiger partial charge in [-0.15, -0.1) is 0 Å². The highest BCUT2D eigenvalue weighted by Crippen LogP contribution is 2.35. The Labute approximate surface area is 136 Å². The average molecular weight is 338 g/mol. The first-order chi connectivity index (χ1) is 11.4. The Bertz CT molecular complexity index is 813. The summed E-state index contributed by atoms with van der Waals surface area (Å²) in [7, 11) is 0. The normalized spacial score (nSPS) is 13.7.